The topological polar surface area (TPSA) is 17.8 Å². The highest BCUT2D eigenvalue weighted by molar-refractivity contribution is 9.10. The normalized spacial score (nSPS) is 13.6. The third-order valence-corrected chi connectivity index (χ3v) is 3.28. The van der Waals surface area contributed by atoms with Gasteiger partial charge in [0, 0.05) is 10.0 Å². The third kappa shape index (κ3) is 1.58. The van der Waals surface area contributed by atoms with Crippen molar-refractivity contribution in [1.82, 2.24) is 9.55 Å². The minimum Gasteiger partial charge on any atom is -0.316 e. The highest BCUT2D eigenvalue weighted by Gasteiger charge is 2.38. The predicted octanol–water partition coefficient (Wildman–Crippen LogP) is 3.69. The quantitative estimate of drug-likeness (QED) is 0.619. The highest BCUT2D eigenvalue weighted by atomic mass is 79.9. The van der Waals surface area contributed by atoms with Gasteiger partial charge in [0.1, 0.15) is 11.5 Å². The van der Waals surface area contributed by atoms with Crippen LogP contribution in [0.3, 0.4) is 0 Å². The second-order valence-electron chi connectivity index (χ2n) is 3.85. The van der Waals surface area contributed by atoms with Crippen molar-refractivity contribution >= 4 is 15.9 Å². The summed E-state index contributed by atoms with van der Waals surface area (Å²) in [5, 5.41) is 0. The number of hydrogen-bond donors (Lipinski definition) is 0. The van der Waals surface area contributed by atoms with Gasteiger partial charge in [-0.1, -0.05) is 15.9 Å². The number of nitrogens with zero attached hydrogens (tertiary/aromatic N) is 2. The Balaban J connectivity index is 2.17. The van der Waals surface area contributed by atoms with E-state index in [0.717, 1.165) is 21.8 Å². The zero-order valence-corrected chi connectivity index (χ0v) is 10.0. The molecule has 3 rings (SSSR count). The van der Waals surface area contributed by atoms with Crippen LogP contribution in [0.1, 0.15) is 11.3 Å². The van der Waals surface area contributed by atoms with Crippen molar-refractivity contribution in [2.45, 2.75) is 12.7 Å². The lowest BCUT2D eigenvalue weighted by Gasteiger charge is -2.07. The molecule has 2 nitrogen and oxygen atoms in total. The van der Waals surface area contributed by atoms with E-state index in [-0.39, 0.29) is 6.54 Å². The molecule has 0 spiro atoms. The van der Waals surface area contributed by atoms with Gasteiger partial charge in [-0.2, -0.15) is 13.2 Å². The lowest BCUT2D eigenvalue weighted by atomic mass is 10.1. The van der Waals surface area contributed by atoms with Crippen molar-refractivity contribution in [3.05, 3.63) is 40.1 Å². The maximum atomic E-state index is 12.7. The number of aromatic nitrogens is 2. The van der Waals surface area contributed by atoms with Crippen LogP contribution in [0, 0.1) is 0 Å². The molecule has 1 aromatic carbocycles. The molecule has 6 heteroatoms. The van der Waals surface area contributed by atoms with Crippen molar-refractivity contribution in [3.63, 3.8) is 0 Å². The Morgan fingerprint density at radius 3 is 2.76 bits per heavy atom. The van der Waals surface area contributed by atoms with Gasteiger partial charge < -0.3 is 4.57 Å². The van der Waals surface area contributed by atoms with E-state index in [0.29, 0.717) is 5.82 Å². The number of imidazole rings is 1. The minimum absolute atomic E-state index is 0.221. The van der Waals surface area contributed by atoms with Gasteiger partial charge in [0.25, 0.3) is 0 Å². The van der Waals surface area contributed by atoms with Crippen molar-refractivity contribution in [3.8, 4) is 11.4 Å². The molecule has 17 heavy (non-hydrogen) atoms. The summed E-state index contributed by atoms with van der Waals surface area (Å²) in [5.74, 6) is 0.389. The van der Waals surface area contributed by atoms with E-state index in [9.17, 15) is 13.2 Å². The molecule has 1 aliphatic rings. The molecule has 1 aromatic heterocycles. The van der Waals surface area contributed by atoms with Gasteiger partial charge in [0.05, 0.1) is 12.7 Å². The maximum absolute atomic E-state index is 12.7. The minimum atomic E-state index is -4.36. The molecule has 2 aromatic rings. The van der Waals surface area contributed by atoms with E-state index in [1.807, 2.05) is 6.07 Å². The number of hydrogen-bond acceptors (Lipinski definition) is 1. The first kappa shape index (κ1) is 10.8. The molecule has 0 saturated heterocycles. The van der Waals surface area contributed by atoms with E-state index in [2.05, 4.69) is 20.9 Å². The molecule has 1 aliphatic heterocycles. The summed E-state index contributed by atoms with van der Waals surface area (Å²) in [6.45, 7) is 0.221. The number of rotatable bonds is 0. The van der Waals surface area contributed by atoms with Crippen LogP contribution >= 0.6 is 15.9 Å². The van der Waals surface area contributed by atoms with Gasteiger partial charge >= 0.3 is 6.18 Å². The molecule has 2 heterocycles. The molecule has 0 fully saturated rings. The molecular weight excluding hydrogens is 297 g/mol. The van der Waals surface area contributed by atoms with E-state index in [4.69, 9.17) is 0 Å². The van der Waals surface area contributed by atoms with E-state index < -0.39 is 11.9 Å². The van der Waals surface area contributed by atoms with Crippen LogP contribution < -0.4 is 0 Å². The standard InChI is InChI=1S/C11H6BrF3N2/c12-7-1-2-8-6(3-7)5-17-9(11(13,14)15)4-16-10(8)17/h1-4H,5H2. The van der Waals surface area contributed by atoms with Gasteiger partial charge in [0.15, 0.2) is 0 Å². The average Bonchev–Trinajstić information content (AvgIpc) is 2.72. The summed E-state index contributed by atoms with van der Waals surface area (Å²) >= 11 is 3.30. The summed E-state index contributed by atoms with van der Waals surface area (Å²) in [6.07, 6.45) is -3.47. The number of benzene rings is 1. The van der Waals surface area contributed by atoms with Gasteiger partial charge in [-0.25, -0.2) is 4.98 Å². The fourth-order valence-corrected chi connectivity index (χ4v) is 2.47. The van der Waals surface area contributed by atoms with Gasteiger partial charge in [0.2, 0.25) is 0 Å². The first-order chi connectivity index (χ1) is 7.97. The largest absolute Gasteiger partial charge is 0.433 e. The molecule has 0 atom stereocenters. The molecular formula is C11H6BrF3N2. The van der Waals surface area contributed by atoms with Crippen LogP contribution in [0.25, 0.3) is 11.4 Å². The highest BCUT2D eigenvalue weighted by Crippen LogP contribution is 2.38. The molecule has 0 bridgehead atoms. The smallest absolute Gasteiger partial charge is 0.316 e. The summed E-state index contributed by atoms with van der Waals surface area (Å²) < 4.78 is 40.2. The molecule has 0 N–H and O–H groups in total. The Labute approximate surface area is 103 Å². The number of alkyl halides is 3. The summed E-state index contributed by atoms with van der Waals surface area (Å²) in [4.78, 5) is 3.86. The van der Waals surface area contributed by atoms with Crippen LogP contribution in [0.4, 0.5) is 13.2 Å². The van der Waals surface area contributed by atoms with Crippen LogP contribution in [0.15, 0.2) is 28.9 Å². The lowest BCUT2D eigenvalue weighted by Crippen LogP contribution is -2.12. The van der Waals surface area contributed by atoms with Crippen molar-refractivity contribution in [2.75, 3.05) is 0 Å². The van der Waals surface area contributed by atoms with Gasteiger partial charge in [-0.3, -0.25) is 0 Å². The fourth-order valence-electron chi connectivity index (χ4n) is 2.06. The van der Waals surface area contributed by atoms with E-state index in [1.54, 1.807) is 12.1 Å². The third-order valence-electron chi connectivity index (χ3n) is 2.78. The van der Waals surface area contributed by atoms with Crippen LogP contribution in [-0.4, -0.2) is 9.55 Å². The first-order valence-electron chi connectivity index (χ1n) is 4.88. The monoisotopic (exact) mass is 302 g/mol. The molecule has 0 aliphatic carbocycles. The SMILES string of the molecule is FC(F)(F)c1cnc2n1Cc1cc(Br)ccc1-2. The second kappa shape index (κ2) is 3.35. The van der Waals surface area contributed by atoms with Crippen LogP contribution in [0.2, 0.25) is 0 Å². The second-order valence-corrected chi connectivity index (χ2v) is 4.77. The predicted molar refractivity (Wildman–Crippen MR) is 59.5 cm³/mol. The van der Waals surface area contributed by atoms with Gasteiger partial charge in [-0.15, -0.1) is 0 Å². The van der Waals surface area contributed by atoms with Crippen LogP contribution in [-0.2, 0) is 12.7 Å². The zero-order valence-electron chi connectivity index (χ0n) is 8.42. The maximum Gasteiger partial charge on any atom is 0.433 e. The lowest BCUT2D eigenvalue weighted by molar-refractivity contribution is -0.143. The Morgan fingerprint density at radius 2 is 2.06 bits per heavy atom. The Bertz CT molecular complexity index is 601. The van der Waals surface area contributed by atoms with E-state index >= 15 is 0 Å². The number of halogens is 4. The summed E-state index contributed by atoms with van der Waals surface area (Å²) in [5.41, 5.74) is 0.927. The number of fused-ring (bicyclic) bond motifs is 3. The first-order valence-corrected chi connectivity index (χ1v) is 5.67. The Morgan fingerprint density at radius 1 is 1.29 bits per heavy atom. The zero-order chi connectivity index (χ0) is 12.2. The fraction of sp³-hybridized carbons (Fsp3) is 0.182. The van der Waals surface area contributed by atoms with E-state index in [1.165, 1.54) is 4.57 Å². The Hall–Kier alpha value is -1.30. The molecule has 0 amide bonds. The average molecular weight is 303 g/mol. The molecule has 0 unspecified atom stereocenters. The van der Waals surface area contributed by atoms with Crippen molar-refractivity contribution < 1.29 is 13.2 Å². The summed E-state index contributed by atoms with van der Waals surface area (Å²) in [6, 6.07) is 5.41. The molecule has 0 radical (unpaired) electrons. The molecule has 0 saturated carbocycles. The van der Waals surface area contributed by atoms with Crippen molar-refractivity contribution in [1.29, 1.82) is 0 Å². The van der Waals surface area contributed by atoms with Gasteiger partial charge in [-0.05, 0) is 23.8 Å². The molecule has 88 valence electrons. The van der Waals surface area contributed by atoms with Crippen LogP contribution in [0.5, 0.6) is 0 Å². The van der Waals surface area contributed by atoms with Crippen molar-refractivity contribution in [2.24, 2.45) is 0 Å². The summed E-state index contributed by atoms with van der Waals surface area (Å²) in [7, 11) is 0. The Kier molecular flexibility index (Phi) is 2.13.